The zero-order valence-electron chi connectivity index (χ0n) is 13.5. The first-order valence-corrected chi connectivity index (χ1v) is 9.00. The number of rotatable bonds is 4. The van der Waals surface area contributed by atoms with E-state index in [4.69, 9.17) is 9.15 Å². The van der Waals surface area contributed by atoms with Crippen LogP contribution >= 0.6 is 27.3 Å². The van der Waals surface area contributed by atoms with E-state index in [2.05, 4.69) is 21.2 Å². The lowest BCUT2D eigenvalue weighted by molar-refractivity contribution is 0.0603. The van der Waals surface area contributed by atoms with Crippen LogP contribution in [0.4, 0.5) is 5.00 Å². The van der Waals surface area contributed by atoms with E-state index in [-0.39, 0.29) is 5.76 Å². The van der Waals surface area contributed by atoms with Crippen LogP contribution in [0.25, 0.3) is 11.1 Å². The van der Waals surface area contributed by atoms with Crippen molar-refractivity contribution in [2.75, 3.05) is 12.4 Å². The molecule has 3 aromatic rings. The van der Waals surface area contributed by atoms with Gasteiger partial charge in [-0.3, -0.25) is 4.79 Å². The van der Waals surface area contributed by atoms with Crippen molar-refractivity contribution in [3.05, 3.63) is 63.3 Å². The number of hydrogen-bond donors (Lipinski definition) is 1. The van der Waals surface area contributed by atoms with Crippen LogP contribution in [0, 0.1) is 6.92 Å². The third-order valence-corrected chi connectivity index (χ3v) is 4.89. The molecule has 3 rings (SSSR count). The SMILES string of the molecule is COC(=O)c1c(-c2ccc(C)cc2)csc1NC(=O)c1ccc(Br)o1. The van der Waals surface area contributed by atoms with Crippen molar-refractivity contribution >= 4 is 44.1 Å². The summed E-state index contributed by atoms with van der Waals surface area (Å²) in [5.74, 6) is -0.797. The molecule has 0 bridgehead atoms. The maximum atomic E-state index is 12.3. The first-order valence-electron chi connectivity index (χ1n) is 7.33. The molecule has 128 valence electrons. The smallest absolute Gasteiger partial charge is 0.341 e. The average Bonchev–Trinajstić information content (AvgIpc) is 3.21. The van der Waals surface area contributed by atoms with Crippen molar-refractivity contribution in [3.8, 4) is 11.1 Å². The highest BCUT2D eigenvalue weighted by Crippen LogP contribution is 2.36. The Morgan fingerprint density at radius 2 is 1.88 bits per heavy atom. The van der Waals surface area contributed by atoms with Gasteiger partial charge in [0.25, 0.3) is 5.91 Å². The molecule has 2 aromatic heterocycles. The Morgan fingerprint density at radius 3 is 2.48 bits per heavy atom. The lowest BCUT2D eigenvalue weighted by Crippen LogP contribution is -2.13. The van der Waals surface area contributed by atoms with Crippen LogP contribution < -0.4 is 5.32 Å². The van der Waals surface area contributed by atoms with Gasteiger partial charge in [0.05, 0.1) is 7.11 Å². The number of esters is 1. The third kappa shape index (κ3) is 3.67. The van der Waals surface area contributed by atoms with Crippen molar-refractivity contribution in [1.29, 1.82) is 0 Å². The summed E-state index contributed by atoms with van der Waals surface area (Å²) in [6, 6.07) is 11.0. The molecule has 1 N–H and O–H groups in total. The summed E-state index contributed by atoms with van der Waals surface area (Å²) in [5, 5.41) is 4.96. The zero-order valence-corrected chi connectivity index (χ0v) is 15.9. The number of aryl methyl sites for hydroxylation is 1. The molecule has 1 amide bonds. The molecule has 0 aliphatic heterocycles. The summed E-state index contributed by atoms with van der Waals surface area (Å²) >= 11 is 4.42. The number of carbonyl (C=O) groups excluding carboxylic acids is 2. The number of amides is 1. The molecule has 0 fully saturated rings. The average molecular weight is 420 g/mol. The van der Waals surface area contributed by atoms with E-state index in [0.29, 0.717) is 20.8 Å². The highest BCUT2D eigenvalue weighted by atomic mass is 79.9. The topological polar surface area (TPSA) is 68.5 Å². The van der Waals surface area contributed by atoms with Gasteiger partial charge in [-0.2, -0.15) is 0 Å². The normalized spacial score (nSPS) is 10.5. The van der Waals surface area contributed by atoms with E-state index in [1.54, 1.807) is 12.1 Å². The van der Waals surface area contributed by atoms with Gasteiger partial charge in [0.15, 0.2) is 10.4 Å². The molecule has 2 heterocycles. The van der Waals surface area contributed by atoms with Crippen LogP contribution in [0.2, 0.25) is 0 Å². The van der Waals surface area contributed by atoms with E-state index < -0.39 is 11.9 Å². The Kier molecular flexibility index (Phi) is 5.06. The first kappa shape index (κ1) is 17.4. The number of thiophene rings is 1. The highest BCUT2D eigenvalue weighted by molar-refractivity contribution is 9.10. The summed E-state index contributed by atoms with van der Waals surface area (Å²) < 4.78 is 10.6. The zero-order chi connectivity index (χ0) is 18.0. The molecule has 7 heteroatoms. The van der Waals surface area contributed by atoms with Gasteiger partial charge in [-0.1, -0.05) is 29.8 Å². The second-order valence-electron chi connectivity index (χ2n) is 5.27. The molecule has 0 aliphatic rings. The predicted molar refractivity (Wildman–Crippen MR) is 100 cm³/mol. The fraction of sp³-hybridized carbons (Fsp3) is 0.111. The van der Waals surface area contributed by atoms with Gasteiger partial charge in [0.1, 0.15) is 10.6 Å². The number of anilines is 1. The molecule has 0 atom stereocenters. The molecular formula is C18H14BrNO4S. The molecule has 0 radical (unpaired) electrons. The van der Waals surface area contributed by atoms with Crippen LogP contribution in [-0.2, 0) is 4.74 Å². The number of methoxy groups -OCH3 is 1. The van der Waals surface area contributed by atoms with Gasteiger partial charge in [0.2, 0.25) is 0 Å². The molecule has 5 nitrogen and oxygen atoms in total. The second kappa shape index (κ2) is 7.25. The van der Waals surface area contributed by atoms with E-state index in [0.717, 1.165) is 11.1 Å². The highest BCUT2D eigenvalue weighted by Gasteiger charge is 2.23. The summed E-state index contributed by atoms with van der Waals surface area (Å²) in [6.07, 6.45) is 0. The fourth-order valence-corrected chi connectivity index (χ4v) is 3.56. The van der Waals surface area contributed by atoms with Crippen molar-refractivity contribution in [1.82, 2.24) is 0 Å². The molecule has 0 saturated heterocycles. The summed E-state index contributed by atoms with van der Waals surface area (Å²) in [7, 11) is 1.31. The molecular weight excluding hydrogens is 406 g/mol. The number of carbonyl (C=O) groups is 2. The minimum Gasteiger partial charge on any atom is -0.465 e. The van der Waals surface area contributed by atoms with E-state index >= 15 is 0 Å². The maximum Gasteiger partial charge on any atom is 0.341 e. The predicted octanol–water partition coefficient (Wildman–Crippen LogP) is 5.12. The van der Waals surface area contributed by atoms with Gasteiger partial charge < -0.3 is 14.5 Å². The van der Waals surface area contributed by atoms with Gasteiger partial charge in [-0.25, -0.2) is 4.79 Å². The van der Waals surface area contributed by atoms with E-state index in [1.165, 1.54) is 18.4 Å². The Balaban J connectivity index is 1.98. The Hall–Kier alpha value is -2.38. The lowest BCUT2D eigenvalue weighted by atomic mass is 10.0. The Labute approximate surface area is 156 Å². The minimum atomic E-state index is -0.507. The van der Waals surface area contributed by atoms with E-state index in [1.807, 2.05) is 36.6 Å². The molecule has 0 spiro atoms. The van der Waals surface area contributed by atoms with Crippen LogP contribution in [0.5, 0.6) is 0 Å². The second-order valence-corrected chi connectivity index (χ2v) is 6.93. The minimum absolute atomic E-state index is 0.146. The maximum absolute atomic E-state index is 12.3. The first-order chi connectivity index (χ1) is 12.0. The van der Waals surface area contributed by atoms with Gasteiger partial charge in [-0.15, -0.1) is 11.3 Å². The lowest BCUT2D eigenvalue weighted by Gasteiger charge is -2.07. The quantitative estimate of drug-likeness (QED) is 0.595. The van der Waals surface area contributed by atoms with Crippen molar-refractivity contribution in [3.63, 3.8) is 0 Å². The molecule has 0 unspecified atom stereocenters. The van der Waals surface area contributed by atoms with Crippen molar-refractivity contribution in [2.45, 2.75) is 6.92 Å². The number of nitrogens with one attached hydrogen (secondary N) is 1. The van der Waals surface area contributed by atoms with Gasteiger partial charge >= 0.3 is 5.97 Å². The van der Waals surface area contributed by atoms with Gasteiger partial charge in [-0.05, 0) is 40.5 Å². The summed E-state index contributed by atoms with van der Waals surface area (Å²) in [6.45, 7) is 1.99. The van der Waals surface area contributed by atoms with Crippen LogP contribution in [0.3, 0.4) is 0 Å². The number of ether oxygens (including phenoxy) is 1. The molecule has 25 heavy (non-hydrogen) atoms. The van der Waals surface area contributed by atoms with Crippen LogP contribution in [0.15, 0.2) is 50.9 Å². The Bertz CT molecular complexity index is 927. The summed E-state index contributed by atoms with van der Waals surface area (Å²) in [4.78, 5) is 24.6. The number of furan rings is 1. The largest absolute Gasteiger partial charge is 0.465 e. The monoisotopic (exact) mass is 419 g/mol. The fourth-order valence-electron chi connectivity index (χ4n) is 2.30. The van der Waals surface area contributed by atoms with Crippen molar-refractivity contribution < 1.29 is 18.7 Å². The molecule has 0 aliphatic carbocycles. The molecule has 0 saturated carbocycles. The number of hydrogen-bond acceptors (Lipinski definition) is 5. The van der Waals surface area contributed by atoms with Crippen molar-refractivity contribution in [2.24, 2.45) is 0 Å². The van der Waals surface area contributed by atoms with Crippen LogP contribution in [0.1, 0.15) is 26.5 Å². The third-order valence-electron chi connectivity index (χ3n) is 3.57. The van der Waals surface area contributed by atoms with Crippen LogP contribution in [-0.4, -0.2) is 19.0 Å². The van der Waals surface area contributed by atoms with Gasteiger partial charge in [0, 0.05) is 10.9 Å². The standard InChI is InChI=1S/C18H14BrNO4S/c1-10-3-5-11(6-4-10)12-9-25-17(15(12)18(22)23-2)20-16(21)13-7-8-14(19)24-13/h3-9H,1-2H3,(H,20,21). The molecule has 1 aromatic carbocycles. The number of halogens is 1. The Morgan fingerprint density at radius 1 is 1.16 bits per heavy atom. The van der Waals surface area contributed by atoms with E-state index in [9.17, 15) is 9.59 Å². The summed E-state index contributed by atoms with van der Waals surface area (Å²) in [5.41, 5.74) is 3.04. The number of benzene rings is 1.